The zero-order chi connectivity index (χ0) is 47.3. The van der Waals surface area contributed by atoms with Crippen LogP contribution < -0.4 is 24.6 Å². The summed E-state index contributed by atoms with van der Waals surface area (Å²) in [7, 11) is -0.861. The van der Waals surface area contributed by atoms with E-state index in [-0.39, 0.29) is 48.4 Å². The summed E-state index contributed by atoms with van der Waals surface area (Å²) in [6.45, 7) is 7.57. The average Bonchev–Trinajstić information content (AvgIpc) is 4.15. The number of carbonyl (C=O) groups is 3. The second-order valence-electron chi connectivity index (χ2n) is 19.3. The van der Waals surface area contributed by atoms with Gasteiger partial charge in [0.2, 0.25) is 0 Å². The summed E-state index contributed by atoms with van der Waals surface area (Å²) in [5, 5.41) is 23.3. The Balaban J connectivity index is 0.978. The molecule has 4 aliphatic rings. The summed E-state index contributed by atoms with van der Waals surface area (Å²) in [6, 6.07) is 45.7. The van der Waals surface area contributed by atoms with Gasteiger partial charge in [0, 0.05) is 59.4 Å². The van der Waals surface area contributed by atoms with Gasteiger partial charge in [-0.15, -0.1) is 5.10 Å². The van der Waals surface area contributed by atoms with E-state index in [0.717, 1.165) is 49.8 Å². The number of rotatable bonds is 12. The van der Waals surface area contributed by atoms with Crippen LogP contribution in [-0.4, -0.2) is 65.7 Å². The Bertz CT molecular complexity index is 3420. The minimum atomic E-state index is -2.53. The number of aryl methyl sites for hydroxylation is 1. The number of benzene rings is 7. The third-order valence-electron chi connectivity index (χ3n) is 15.3. The first-order valence-electron chi connectivity index (χ1n) is 23.6. The molecule has 12 rings (SSSR count). The number of nitrogens with zero attached hydrogens (tertiary/aromatic N) is 6. The van der Waals surface area contributed by atoms with Crippen LogP contribution in [0.2, 0.25) is 18.6 Å². The summed E-state index contributed by atoms with van der Waals surface area (Å²) >= 11 is 0. The van der Waals surface area contributed by atoms with Gasteiger partial charge in [-0.05, 0) is 95.0 Å². The number of hydrogen-bond donors (Lipinski definition) is 1. The quantitative estimate of drug-likeness (QED) is 0.120. The Kier molecular flexibility index (Phi) is 9.99. The molecule has 5 heterocycles. The van der Waals surface area contributed by atoms with E-state index in [4.69, 9.17) is 9.47 Å². The smallest absolute Gasteiger partial charge is 0.264 e. The van der Waals surface area contributed by atoms with Crippen molar-refractivity contribution < 1.29 is 29.0 Å². The molecule has 69 heavy (non-hydrogen) atoms. The fraction of sp³-hybridized carbons (Fsp3) is 0.232. The van der Waals surface area contributed by atoms with Gasteiger partial charge in [-0.2, -0.15) is 0 Å². The van der Waals surface area contributed by atoms with E-state index in [1.807, 2.05) is 138 Å². The first kappa shape index (κ1) is 42.9. The number of aliphatic hydroxyl groups excluding tert-OH is 1. The zero-order valence-electron chi connectivity index (χ0n) is 38.8. The van der Waals surface area contributed by atoms with Crippen molar-refractivity contribution in [2.24, 2.45) is 5.92 Å². The van der Waals surface area contributed by atoms with Crippen LogP contribution >= 0.6 is 0 Å². The number of aromatic nitrogens is 3. The molecule has 1 spiro atoms. The van der Waals surface area contributed by atoms with Crippen molar-refractivity contribution in [1.29, 1.82) is 0 Å². The fourth-order valence-electron chi connectivity index (χ4n) is 12.1. The van der Waals surface area contributed by atoms with Crippen LogP contribution in [0.25, 0.3) is 21.5 Å². The summed E-state index contributed by atoms with van der Waals surface area (Å²) < 4.78 is 15.0. The van der Waals surface area contributed by atoms with E-state index in [1.165, 1.54) is 5.19 Å². The Morgan fingerprint density at radius 3 is 2.00 bits per heavy atom. The van der Waals surface area contributed by atoms with Crippen molar-refractivity contribution in [1.82, 2.24) is 15.0 Å². The molecule has 0 bridgehead atoms. The van der Waals surface area contributed by atoms with E-state index in [0.29, 0.717) is 53.3 Å². The van der Waals surface area contributed by atoms with E-state index in [9.17, 15) is 14.7 Å². The van der Waals surface area contributed by atoms with Crippen molar-refractivity contribution in [3.63, 3.8) is 0 Å². The van der Waals surface area contributed by atoms with Crippen LogP contribution in [0.1, 0.15) is 50.9 Å². The molecule has 4 atom stereocenters. The molecule has 1 fully saturated rings. The van der Waals surface area contributed by atoms with Crippen LogP contribution in [0.3, 0.4) is 0 Å². The van der Waals surface area contributed by atoms with Gasteiger partial charge in [0.15, 0.2) is 5.60 Å². The molecule has 7 aromatic carbocycles. The van der Waals surface area contributed by atoms with E-state index in [1.54, 1.807) is 21.6 Å². The van der Waals surface area contributed by atoms with Gasteiger partial charge in [-0.1, -0.05) is 103 Å². The summed E-state index contributed by atoms with van der Waals surface area (Å²) in [6.07, 6.45) is 2.44. The third kappa shape index (κ3) is 6.44. The maximum atomic E-state index is 16.1. The molecule has 0 unspecified atom stereocenters. The lowest BCUT2D eigenvalue weighted by molar-refractivity contribution is -0.146. The monoisotopic (exact) mass is 930 g/mol. The highest BCUT2D eigenvalue weighted by Gasteiger charge is 2.66. The van der Waals surface area contributed by atoms with Crippen LogP contribution in [0.4, 0.5) is 28.4 Å². The Hall–Kier alpha value is -7.45. The van der Waals surface area contributed by atoms with Crippen LogP contribution in [0, 0.1) is 5.92 Å². The topological polar surface area (TPSA) is 130 Å². The zero-order valence-corrected chi connectivity index (χ0v) is 39.8. The van der Waals surface area contributed by atoms with Crippen molar-refractivity contribution >= 4 is 81.0 Å². The third-order valence-corrected chi connectivity index (χ3v) is 19.7. The lowest BCUT2D eigenvalue weighted by Crippen LogP contribution is -2.51. The Morgan fingerprint density at radius 2 is 1.36 bits per heavy atom. The highest BCUT2D eigenvalue weighted by atomic mass is 28.3. The second-order valence-corrected chi connectivity index (χ2v) is 24.0. The van der Waals surface area contributed by atoms with Gasteiger partial charge in [-0.3, -0.25) is 28.9 Å². The van der Waals surface area contributed by atoms with Gasteiger partial charge < -0.3 is 19.5 Å². The second kappa shape index (κ2) is 16.1. The molecule has 1 saturated heterocycles. The maximum Gasteiger partial charge on any atom is 0.264 e. The molecular formula is C56H50N6O6Si. The van der Waals surface area contributed by atoms with E-state index >= 15 is 4.79 Å². The lowest BCUT2D eigenvalue weighted by Gasteiger charge is -2.37. The van der Waals surface area contributed by atoms with Gasteiger partial charge in [0.05, 0.1) is 61.7 Å². The van der Waals surface area contributed by atoms with Gasteiger partial charge in [-0.25, -0.2) is 0 Å². The molecular weight excluding hydrogens is 881 g/mol. The minimum absolute atomic E-state index is 0.0239. The highest BCUT2D eigenvalue weighted by Crippen LogP contribution is 2.61. The first-order chi connectivity index (χ1) is 33.5. The molecule has 8 aromatic rings. The summed E-state index contributed by atoms with van der Waals surface area (Å²) in [5.41, 5.74) is 5.80. The SMILES string of the molecule is COc1ccc([Si](C)(C)[C@H]2[C@H](CCn3cc(CCO)nn3)O[C@@]3(C(=O)N(Cc4cccc(N5C(=O)c6cccc7cccc5c67)c4)c4ccc(N5C(=O)c6cccc7cccc5c67)cc43)[C@@H]2C)cc1. The largest absolute Gasteiger partial charge is 0.497 e. The standard InChI is InChI=1S/C56H50N6O6Si/c1-34-52(69(3,4)42-23-21-41(67-2)22-24-42)49(26-28-59-33-38(27-29-63)57-58-59)68-56(34)45-31-40(62-48-19-9-14-37-12-7-17-44(51(37)48)54(62)65)20-25-46(45)60(55(56)66)32-35-10-5-15-39(30-35)61-47-18-8-13-36-11-6-16-43(50(36)47)53(61)64/h5-25,30-31,33-34,49,52,63H,26-29,32H2,1-4H3/t34-,49+,52-,56+/m1/s1. The van der Waals surface area contributed by atoms with Crippen LogP contribution in [0.5, 0.6) is 5.75 Å². The minimum Gasteiger partial charge on any atom is -0.497 e. The summed E-state index contributed by atoms with van der Waals surface area (Å²) in [4.78, 5) is 50.1. The summed E-state index contributed by atoms with van der Waals surface area (Å²) in [5.74, 6) is 0.0702. The van der Waals surface area contributed by atoms with Crippen LogP contribution in [-0.2, 0) is 34.6 Å². The van der Waals surface area contributed by atoms with E-state index in [2.05, 4.69) is 42.5 Å². The number of aliphatic hydroxyl groups is 1. The Morgan fingerprint density at radius 1 is 0.739 bits per heavy atom. The maximum absolute atomic E-state index is 16.1. The molecule has 4 aliphatic heterocycles. The number of amides is 3. The molecule has 344 valence electrons. The molecule has 13 heteroatoms. The van der Waals surface area contributed by atoms with Gasteiger partial charge >= 0.3 is 0 Å². The molecule has 3 amide bonds. The van der Waals surface area contributed by atoms with Crippen molar-refractivity contribution in [2.45, 2.75) is 63.2 Å². The molecule has 1 aromatic heterocycles. The van der Waals surface area contributed by atoms with Gasteiger partial charge in [0.1, 0.15) is 5.75 Å². The molecule has 0 saturated carbocycles. The van der Waals surface area contributed by atoms with Crippen molar-refractivity contribution in [3.8, 4) is 5.75 Å². The molecule has 12 nitrogen and oxygen atoms in total. The van der Waals surface area contributed by atoms with E-state index < -0.39 is 13.7 Å². The predicted molar refractivity (Wildman–Crippen MR) is 270 cm³/mol. The Labute approximate surface area is 400 Å². The van der Waals surface area contributed by atoms with Crippen molar-refractivity contribution in [3.05, 3.63) is 174 Å². The average molecular weight is 931 g/mol. The number of hydrogen-bond acceptors (Lipinski definition) is 8. The molecule has 0 aliphatic carbocycles. The number of carbonyl (C=O) groups excluding carboxylic acids is 3. The number of methoxy groups -OCH3 is 1. The van der Waals surface area contributed by atoms with Crippen LogP contribution in [0.15, 0.2) is 146 Å². The lowest BCUT2D eigenvalue weighted by atomic mass is 9.82. The number of anilines is 5. The number of ether oxygens (including phenoxy) is 2. The molecule has 1 N–H and O–H groups in total. The first-order valence-corrected chi connectivity index (χ1v) is 26.7. The fourth-order valence-corrected chi connectivity index (χ4v) is 16.2. The van der Waals surface area contributed by atoms with Gasteiger partial charge in [0.25, 0.3) is 17.7 Å². The predicted octanol–water partition coefficient (Wildman–Crippen LogP) is 9.56. The highest BCUT2D eigenvalue weighted by molar-refractivity contribution is 6.91. The normalized spacial score (nSPS) is 20.4. The van der Waals surface area contributed by atoms with Crippen molar-refractivity contribution in [2.75, 3.05) is 28.4 Å². The molecule has 0 radical (unpaired) electrons. The number of fused-ring (bicyclic) bond motifs is 2.